The van der Waals surface area contributed by atoms with Crippen LogP contribution in [0.2, 0.25) is 0 Å². The highest BCUT2D eigenvalue weighted by molar-refractivity contribution is 7.13. The number of nitrogens with one attached hydrogen (secondary N) is 1. The first-order valence-corrected chi connectivity index (χ1v) is 9.81. The molecule has 1 N–H and O–H groups in total. The minimum atomic E-state index is -0.940. The van der Waals surface area contributed by atoms with E-state index in [-0.39, 0.29) is 18.4 Å². The van der Waals surface area contributed by atoms with Crippen molar-refractivity contribution in [2.45, 2.75) is 13.3 Å². The van der Waals surface area contributed by atoms with Gasteiger partial charge < -0.3 is 4.90 Å². The van der Waals surface area contributed by atoms with Gasteiger partial charge in [-0.3, -0.25) is 10.1 Å². The van der Waals surface area contributed by atoms with Crippen LogP contribution in [-0.4, -0.2) is 33.9 Å². The van der Waals surface area contributed by atoms with E-state index in [4.69, 9.17) is 0 Å². The maximum atomic E-state index is 13.8. The molecular formula is C20H18ClF2N5OS. The molecule has 0 aliphatic carbocycles. The number of thiazole rings is 1. The van der Waals surface area contributed by atoms with E-state index in [1.54, 1.807) is 29.9 Å². The standard InChI is InChI=1S/C20H17F2N5OS.ClH/c1-12-5-7-27(20-23-6-8-29-20)11-14(12)13-9-24-19(25-10-13)26-18(28)17-15(21)3-2-4-16(17)22;/h2-4,6,8-10H,5,7,11H2,1H3,(H,24,25,26,28);1H. The summed E-state index contributed by atoms with van der Waals surface area (Å²) in [6.07, 6.45) is 5.89. The zero-order chi connectivity index (χ0) is 20.4. The molecule has 0 saturated carbocycles. The molecule has 3 heterocycles. The van der Waals surface area contributed by atoms with Crippen LogP contribution in [0.1, 0.15) is 29.3 Å². The third kappa shape index (κ3) is 4.47. The molecule has 0 spiro atoms. The van der Waals surface area contributed by atoms with E-state index in [9.17, 15) is 13.6 Å². The highest BCUT2D eigenvalue weighted by atomic mass is 35.5. The first kappa shape index (κ1) is 21.8. The Morgan fingerprint density at radius 1 is 1.17 bits per heavy atom. The van der Waals surface area contributed by atoms with Crippen molar-refractivity contribution in [1.82, 2.24) is 15.0 Å². The van der Waals surface area contributed by atoms with Gasteiger partial charge in [-0.15, -0.1) is 23.7 Å². The summed E-state index contributed by atoms with van der Waals surface area (Å²) in [5.74, 6) is -2.84. The maximum Gasteiger partial charge on any atom is 0.263 e. The van der Waals surface area contributed by atoms with Crippen molar-refractivity contribution in [3.8, 4) is 0 Å². The van der Waals surface area contributed by atoms with Crippen LogP contribution < -0.4 is 10.2 Å². The van der Waals surface area contributed by atoms with E-state index in [1.165, 1.54) is 11.6 Å². The molecule has 0 bridgehead atoms. The van der Waals surface area contributed by atoms with E-state index in [0.717, 1.165) is 41.4 Å². The van der Waals surface area contributed by atoms with Crippen molar-refractivity contribution in [1.29, 1.82) is 0 Å². The quantitative estimate of drug-likeness (QED) is 0.631. The van der Waals surface area contributed by atoms with Crippen molar-refractivity contribution in [3.05, 3.63) is 70.5 Å². The van der Waals surface area contributed by atoms with Crippen molar-refractivity contribution in [2.75, 3.05) is 23.3 Å². The number of benzene rings is 1. The van der Waals surface area contributed by atoms with Crippen LogP contribution >= 0.6 is 23.7 Å². The summed E-state index contributed by atoms with van der Waals surface area (Å²) in [5.41, 5.74) is 2.51. The summed E-state index contributed by atoms with van der Waals surface area (Å²) in [7, 11) is 0. The molecule has 2 aromatic heterocycles. The molecule has 0 unspecified atom stereocenters. The van der Waals surface area contributed by atoms with Gasteiger partial charge in [0.25, 0.3) is 5.91 Å². The van der Waals surface area contributed by atoms with Gasteiger partial charge in [0.2, 0.25) is 5.95 Å². The van der Waals surface area contributed by atoms with Crippen LogP contribution in [0, 0.1) is 11.6 Å². The highest BCUT2D eigenvalue weighted by Crippen LogP contribution is 2.30. The molecule has 0 saturated heterocycles. The van der Waals surface area contributed by atoms with Crippen molar-refractivity contribution >= 4 is 46.3 Å². The SMILES string of the molecule is CC1=C(c2cnc(NC(=O)c3c(F)cccc3F)nc2)CN(c2nccs2)CC1.Cl. The average Bonchev–Trinajstić information content (AvgIpc) is 3.24. The number of aromatic nitrogens is 3. The molecule has 30 heavy (non-hydrogen) atoms. The van der Waals surface area contributed by atoms with E-state index in [1.807, 2.05) is 5.38 Å². The monoisotopic (exact) mass is 449 g/mol. The van der Waals surface area contributed by atoms with E-state index >= 15 is 0 Å². The Labute approximate surface area is 182 Å². The molecule has 156 valence electrons. The number of carbonyl (C=O) groups excluding carboxylic acids is 1. The van der Waals surface area contributed by atoms with Crippen LogP contribution in [0.3, 0.4) is 0 Å². The second kappa shape index (κ2) is 9.27. The van der Waals surface area contributed by atoms with E-state index in [0.29, 0.717) is 6.54 Å². The minimum absolute atomic E-state index is 0. The highest BCUT2D eigenvalue weighted by Gasteiger charge is 2.21. The summed E-state index contributed by atoms with van der Waals surface area (Å²) in [5, 5.41) is 5.24. The number of anilines is 2. The lowest BCUT2D eigenvalue weighted by atomic mass is 9.97. The number of amides is 1. The zero-order valence-corrected chi connectivity index (χ0v) is 17.6. The third-order valence-corrected chi connectivity index (χ3v) is 5.56. The van der Waals surface area contributed by atoms with Gasteiger partial charge in [0.1, 0.15) is 17.2 Å². The van der Waals surface area contributed by atoms with Gasteiger partial charge in [-0.2, -0.15) is 0 Å². The Morgan fingerprint density at radius 3 is 2.50 bits per heavy atom. The van der Waals surface area contributed by atoms with Crippen LogP contribution in [0.4, 0.5) is 19.9 Å². The van der Waals surface area contributed by atoms with Crippen molar-refractivity contribution in [3.63, 3.8) is 0 Å². The normalized spacial score (nSPS) is 13.8. The van der Waals surface area contributed by atoms with Gasteiger partial charge in [0, 0.05) is 42.6 Å². The van der Waals surface area contributed by atoms with Crippen molar-refractivity contribution < 1.29 is 13.6 Å². The van der Waals surface area contributed by atoms with Gasteiger partial charge in [-0.1, -0.05) is 11.6 Å². The number of hydrogen-bond donors (Lipinski definition) is 1. The average molecular weight is 450 g/mol. The second-order valence-electron chi connectivity index (χ2n) is 6.59. The summed E-state index contributed by atoms with van der Waals surface area (Å²) in [6, 6.07) is 3.24. The van der Waals surface area contributed by atoms with E-state index in [2.05, 4.69) is 32.1 Å². The number of nitrogens with zero attached hydrogens (tertiary/aromatic N) is 4. The first-order chi connectivity index (χ1) is 14.0. The molecule has 4 rings (SSSR count). The molecule has 1 aromatic carbocycles. The Bertz CT molecular complexity index is 1050. The number of halogens is 3. The van der Waals surface area contributed by atoms with Crippen LogP contribution in [-0.2, 0) is 0 Å². The topological polar surface area (TPSA) is 71.0 Å². The van der Waals surface area contributed by atoms with Gasteiger partial charge in [0.05, 0.1) is 0 Å². The van der Waals surface area contributed by atoms with Gasteiger partial charge >= 0.3 is 0 Å². The fourth-order valence-corrected chi connectivity index (χ4v) is 3.83. The number of hydrogen-bond acceptors (Lipinski definition) is 6. The molecule has 6 nitrogen and oxygen atoms in total. The zero-order valence-electron chi connectivity index (χ0n) is 15.9. The Morgan fingerprint density at radius 2 is 1.87 bits per heavy atom. The van der Waals surface area contributed by atoms with Crippen LogP contribution in [0.15, 0.2) is 47.7 Å². The summed E-state index contributed by atoms with van der Waals surface area (Å²) < 4.78 is 27.5. The van der Waals surface area contributed by atoms with Crippen LogP contribution in [0.25, 0.3) is 5.57 Å². The molecule has 1 aliphatic heterocycles. The lowest BCUT2D eigenvalue weighted by Crippen LogP contribution is -2.30. The van der Waals surface area contributed by atoms with Crippen LogP contribution in [0.5, 0.6) is 0 Å². The Balaban J connectivity index is 0.00000256. The second-order valence-corrected chi connectivity index (χ2v) is 7.46. The molecule has 0 atom stereocenters. The molecule has 3 aromatic rings. The Hall–Kier alpha value is -2.91. The predicted molar refractivity (Wildman–Crippen MR) is 115 cm³/mol. The molecular weight excluding hydrogens is 432 g/mol. The van der Waals surface area contributed by atoms with Crippen molar-refractivity contribution in [2.24, 2.45) is 0 Å². The summed E-state index contributed by atoms with van der Waals surface area (Å²) >= 11 is 1.59. The predicted octanol–water partition coefficient (Wildman–Crippen LogP) is 4.57. The largest absolute Gasteiger partial charge is 0.343 e. The van der Waals surface area contributed by atoms with E-state index < -0.39 is 23.1 Å². The third-order valence-electron chi connectivity index (χ3n) is 4.73. The Kier molecular flexibility index (Phi) is 6.73. The minimum Gasteiger partial charge on any atom is -0.343 e. The molecule has 0 radical (unpaired) electrons. The lowest BCUT2D eigenvalue weighted by molar-refractivity contribution is 0.101. The fraction of sp³-hybridized carbons (Fsp3) is 0.200. The first-order valence-electron chi connectivity index (χ1n) is 8.94. The summed E-state index contributed by atoms with van der Waals surface area (Å²) in [4.78, 5) is 27.0. The van der Waals surface area contributed by atoms with Gasteiger partial charge in [-0.05, 0) is 31.1 Å². The molecule has 0 fully saturated rings. The molecule has 1 amide bonds. The van der Waals surface area contributed by atoms with Gasteiger partial charge in [-0.25, -0.2) is 23.7 Å². The fourth-order valence-electron chi connectivity index (χ4n) is 3.16. The van der Waals surface area contributed by atoms with Gasteiger partial charge in [0.15, 0.2) is 5.13 Å². The number of rotatable bonds is 4. The number of carbonyl (C=O) groups is 1. The smallest absolute Gasteiger partial charge is 0.263 e. The lowest BCUT2D eigenvalue weighted by Gasteiger charge is -2.29. The molecule has 1 aliphatic rings. The molecule has 10 heteroatoms. The summed E-state index contributed by atoms with van der Waals surface area (Å²) in [6.45, 7) is 3.66. The maximum absolute atomic E-state index is 13.8.